The van der Waals surface area contributed by atoms with Crippen LogP contribution >= 0.6 is 23.1 Å². The second kappa shape index (κ2) is 4.57. The molecule has 0 fully saturated rings. The topological polar surface area (TPSA) is 50.9 Å². The Bertz CT molecular complexity index is 504. The highest BCUT2D eigenvalue weighted by molar-refractivity contribution is 8.01. The minimum Gasteiger partial charge on any atom is -0.392 e. The zero-order valence-corrected chi connectivity index (χ0v) is 11.0. The van der Waals surface area contributed by atoms with Crippen LogP contribution in [0.1, 0.15) is 17.0 Å². The number of hydrogen-bond acceptors (Lipinski definition) is 5. The summed E-state index contributed by atoms with van der Waals surface area (Å²) in [6.45, 7) is 3.90. The zero-order chi connectivity index (χ0) is 11.7. The molecule has 4 nitrogen and oxygen atoms in total. The summed E-state index contributed by atoms with van der Waals surface area (Å²) >= 11 is 3.17. The van der Waals surface area contributed by atoms with Crippen LogP contribution in [0.3, 0.4) is 0 Å². The van der Waals surface area contributed by atoms with Crippen molar-refractivity contribution < 1.29 is 5.11 Å². The van der Waals surface area contributed by atoms with Crippen LogP contribution in [0.5, 0.6) is 0 Å². The van der Waals surface area contributed by atoms with E-state index >= 15 is 0 Å². The van der Waals surface area contributed by atoms with Crippen LogP contribution in [0.4, 0.5) is 0 Å². The lowest BCUT2D eigenvalue weighted by atomic mass is 10.3. The molecule has 2 rings (SSSR count). The Labute approximate surface area is 102 Å². The quantitative estimate of drug-likeness (QED) is 0.913. The van der Waals surface area contributed by atoms with Crippen LogP contribution in [0.15, 0.2) is 14.7 Å². The Hall–Kier alpha value is -0.850. The van der Waals surface area contributed by atoms with Crippen molar-refractivity contribution in [2.24, 2.45) is 7.05 Å². The Balaban J connectivity index is 2.33. The fourth-order valence-electron chi connectivity index (χ4n) is 1.45. The summed E-state index contributed by atoms with van der Waals surface area (Å²) in [6, 6.07) is 0. The van der Waals surface area contributed by atoms with Crippen LogP contribution in [-0.4, -0.2) is 19.9 Å². The van der Waals surface area contributed by atoms with E-state index in [-0.39, 0.29) is 6.61 Å². The third-order valence-corrected chi connectivity index (χ3v) is 4.49. The Morgan fingerprint density at radius 2 is 2.25 bits per heavy atom. The summed E-state index contributed by atoms with van der Waals surface area (Å²) in [5.41, 5.74) is 2.79. The maximum atomic E-state index is 9.31. The summed E-state index contributed by atoms with van der Waals surface area (Å²) in [6.07, 6.45) is 0. The molecular weight excluding hydrogens is 242 g/mol. The lowest BCUT2D eigenvalue weighted by Gasteiger charge is -2.01. The van der Waals surface area contributed by atoms with E-state index in [1.165, 1.54) is 0 Å². The first-order chi connectivity index (χ1) is 7.61. The van der Waals surface area contributed by atoms with Gasteiger partial charge in [0.2, 0.25) is 0 Å². The third-order valence-electron chi connectivity index (χ3n) is 2.23. The molecular formula is C10H13N3OS2. The maximum Gasteiger partial charge on any atom is 0.156 e. The number of thiazole rings is 1. The molecule has 86 valence electrons. The number of aromatic nitrogens is 3. The molecule has 2 aromatic rings. The van der Waals surface area contributed by atoms with E-state index in [0.29, 0.717) is 0 Å². The van der Waals surface area contributed by atoms with Gasteiger partial charge in [0.15, 0.2) is 4.34 Å². The molecule has 0 amide bonds. The van der Waals surface area contributed by atoms with Crippen molar-refractivity contribution in [3.05, 3.63) is 22.3 Å². The third kappa shape index (κ3) is 2.14. The standard InChI is InChI=1S/C10H13N3OS2/c1-6-5-15-10(11-6)16-9-8(4-14)7(2)12-13(9)3/h5,14H,4H2,1-3H3. The number of rotatable bonds is 3. The lowest BCUT2D eigenvalue weighted by molar-refractivity contribution is 0.277. The Morgan fingerprint density at radius 3 is 2.81 bits per heavy atom. The van der Waals surface area contributed by atoms with Crippen molar-refractivity contribution in [1.29, 1.82) is 0 Å². The average molecular weight is 255 g/mol. The molecule has 0 unspecified atom stereocenters. The first kappa shape index (κ1) is 11.6. The molecule has 0 saturated heterocycles. The summed E-state index contributed by atoms with van der Waals surface area (Å²) in [5.74, 6) is 0. The summed E-state index contributed by atoms with van der Waals surface area (Å²) in [7, 11) is 1.88. The van der Waals surface area contributed by atoms with E-state index in [9.17, 15) is 5.11 Å². The van der Waals surface area contributed by atoms with E-state index in [0.717, 1.165) is 26.3 Å². The van der Waals surface area contributed by atoms with Crippen LogP contribution in [-0.2, 0) is 13.7 Å². The smallest absolute Gasteiger partial charge is 0.156 e. The van der Waals surface area contributed by atoms with E-state index < -0.39 is 0 Å². The van der Waals surface area contributed by atoms with Gasteiger partial charge in [-0.2, -0.15) is 5.10 Å². The van der Waals surface area contributed by atoms with Crippen LogP contribution in [0.25, 0.3) is 0 Å². The maximum absolute atomic E-state index is 9.31. The molecule has 2 heterocycles. The molecule has 0 spiro atoms. The van der Waals surface area contributed by atoms with E-state index in [1.54, 1.807) is 27.8 Å². The SMILES string of the molecule is Cc1csc(Sc2c(CO)c(C)nn2C)n1. The van der Waals surface area contributed by atoms with Gasteiger partial charge in [0.1, 0.15) is 5.03 Å². The first-order valence-electron chi connectivity index (χ1n) is 4.85. The fraction of sp³-hybridized carbons (Fsp3) is 0.400. The second-order valence-electron chi connectivity index (χ2n) is 3.51. The number of nitrogens with zero attached hydrogens (tertiary/aromatic N) is 3. The van der Waals surface area contributed by atoms with Gasteiger partial charge < -0.3 is 5.11 Å². The van der Waals surface area contributed by atoms with Gasteiger partial charge >= 0.3 is 0 Å². The minimum absolute atomic E-state index is 0.0202. The van der Waals surface area contributed by atoms with Crippen molar-refractivity contribution in [3.8, 4) is 0 Å². The first-order valence-corrected chi connectivity index (χ1v) is 6.54. The van der Waals surface area contributed by atoms with E-state index in [2.05, 4.69) is 10.1 Å². The van der Waals surface area contributed by atoms with Gasteiger partial charge in [-0.05, 0) is 25.6 Å². The second-order valence-corrected chi connectivity index (χ2v) is 5.60. The average Bonchev–Trinajstić information content (AvgIpc) is 2.73. The molecule has 2 aromatic heterocycles. The Kier molecular flexibility index (Phi) is 3.32. The normalized spacial score (nSPS) is 11.0. The molecule has 6 heteroatoms. The van der Waals surface area contributed by atoms with Gasteiger partial charge in [0.05, 0.1) is 12.3 Å². The molecule has 0 saturated carbocycles. The molecule has 0 aliphatic carbocycles. The highest BCUT2D eigenvalue weighted by Gasteiger charge is 2.14. The van der Waals surface area contributed by atoms with E-state index in [4.69, 9.17) is 0 Å². The van der Waals surface area contributed by atoms with Gasteiger partial charge in [-0.1, -0.05) is 0 Å². The number of aryl methyl sites for hydroxylation is 3. The molecule has 0 aliphatic rings. The zero-order valence-electron chi connectivity index (χ0n) is 9.39. The monoisotopic (exact) mass is 255 g/mol. The number of aliphatic hydroxyl groups is 1. The van der Waals surface area contributed by atoms with Gasteiger partial charge in [-0.15, -0.1) is 11.3 Å². The largest absolute Gasteiger partial charge is 0.392 e. The van der Waals surface area contributed by atoms with Crippen molar-refractivity contribution in [1.82, 2.24) is 14.8 Å². The lowest BCUT2D eigenvalue weighted by Crippen LogP contribution is -1.93. The van der Waals surface area contributed by atoms with Crippen molar-refractivity contribution >= 4 is 23.1 Å². The summed E-state index contributed by atoms with van der Waals surface area (Å²) in [5, 5.41) is 16.6. The van der Waals surface area contributed by atoms with Gasteiger partial charge in [0.25, 0.3) is 0 Å². The van der Waals surface area contributed by atoms with Crippen LogP contribution in [0, 0.1) is 13.8 Å². The van der Waals surface area contributed by atoms with Crippen molar-refractivity contribution in [2.75, 3.05) is 0 Å². The summed E-state index contributed by atoms with van der Waals surface area (Å²) < 4.78 is 2.78. The molecule has 0 aliphatic heterocycles. The fourth-order valence-corrected chi connectivity index (χ4v) is 3.41. The predicted molar refractivity (Wildman–Crippen MR) is 64.8 cm³/mol. The molecule has 1 N–H and O–H groups in total. The molecule has 0 bridgehead atoms. The minimum atomic E-state index is 0.0202. The summed E-state index contributed by atoms with van der Waals surface area (Å²) in [4.78, 5) is 4.39. The van der Waals surface area contributed by atoms with E-state index in [1.807, 2.05) is 26.3 Å². The van der Waals surface area contributed by atoms with Gasteiger partial charge in [-0.3, -0.25) is 4.68 Å². The molecule has 0 atom stereocenters. The number of hydrogen-bond donors (Lipinski definition) is 1. The van der Waals surface area contributed by atoms with Crippen molar-refractivity contribution in [3.63, 3.8) is 0 Å². The predicted octanol–water partition coefficient (Wildman–Crippen LogP) is 2.14. The number of aliphatic hydroxyl groups excluding tert-OH is 1. The molecule has 0 aromatic carbocycles. The highest BCUT2D eigenvalue weighted by atomic mass is 32.2. The Morgan fingerprint density at radius 1 is 1.50 bits per heavy atom. The van der Waals surface area contributed by atoms with Crippen molar-refractivity contribution in [2.45, 2.75) is 29.8 Å². The van der Waals surface area contributed by atoms with Gasteiger partial charge in [-0.25, -0.2) is 4.98 Å². The molecule has 0 radical (unpaired) electrons. The molecule has 16 heavy (non-hydrogen) atoms. The highest BCUT2D eigenvalue weighted by Crippen LogP contribution is 2.33. The van der Waals surface area contributed by atoms with Crippen LogP contribution < -0.4 is 0 Å². The van der Waals surface area contributed by atoms with Gasteiger partial charge in [0, 0.05) is 23.7 Å². The van der Waals surface area contributed by atoms with Crippen LogP contribution in [0.2, 0.25) is 0 Å².